The van der Waals surface area contributed by atoms with Crippen LogP contribution in [-0.4, -0.2) is 114 Å². The Bertz CT molecular complexity index is 1660. The summed E-state index contributed by atoms with van der Waals surface area (Å²) in [6.45, 7) is 13.3. The van der Waals surface area contributed by atoms with Gasteiger partial charge < -0.3 is 29.5 Å². The maximum Gasteiger partial charge on any atom is 0.410 e. The Morgan fingerprint density at radius 2 is 1.91 bits per heavy atom. The molecular weight excluding hydrogens is 625 g/mol. The first-order valence-electron chi connectivity index (χ1n) is 16.1. The topological polar surface area (TPSA) is 123 Å². The van der Waals surface area contributed by atoms with Crippen LogP contribution in [0, 0.1) is 17.1 Å². The van der Waals surface area contributed by atoms with Crippen molar-refractivity contribution in [1.29, 1.82) is 5.26 Å². The van der Waals surface area contributed by atoms with Gasteiger partial charge in [-0.15, -0.1) is 0 Å². The molecule has 3 atom stereocenters. The average Bonchev–Trinajstić information content (AvgIpc) is 3.04. The molecule has 1 aromatic carbocycles. The number of morpholine rings is 1. The first kappa shape index (κ1) is 33.1. The van der Waals surface area contributed by atoms with Gasteiger partial charge in [-0.05, 0) is 63.6 Å². The number of hydrogen-bond acceptors (Lipinski definition) is 11. The molecular formula is C33H41ClFN9O3. The molecule has 1 unspecified atom stereocenters. The first-order chi connectivity index (χ1) is 22.5. The highest BCUT2D eigenvalue weighted by atomic mass is 35.5. The fourth-order valence-electron chi connectivity index (χ4n) is 6.59. The molecule has 3 aliphatic rings. The van der Waals surface area contributed by atoms with E-state index in [9.17, 15) is 10.1 Å². The molecule has 14 heteroatoms. The van der Waals surface area contributed by atoms with Crippen molar-refractivity contribution in [2.75, 3.05) is 75.2 Å². The minimum Gasteiger partial charge on any atom is -0.444 e. The van der Waals surface area contributed by atoms with Gasteiger partial charge in [0.05, 0.1) is 29.3 Å². The van der Waals surface area contributed by atoms with Crippen molar-refractivity contribution in [2.45, 2.75) is 51.5 Å². The summed E-state index contributed by atoms with van der Waals surface area (Å²) in [6.07, 6.45) is 1.26. The van der Waals surface area contributed by atoms with E-state index in [1.54, 1.807) is 11.1 Å². The Morgan fingerprint density at radius 1 is 1.13 bits per heavy atom. The van der Waals surface area contributed by atoms with Gasteiger partial charge in [-0.2, -0.15) is 10.2 Å². The fraction of sp³-hybridized carbons (Fsp3) is 0.545. The number of nitrogens with one attached hydrogen (secondary N) is 1. The van der Waals surface area contributed by atoms with Crippen molar-refractivity contribution in [2.24, 2.45) is 0 Å². The fourth-order valence-corrected chi connectivity index (χ4v) is 6.76. The van der Waals surface area contributed by atoms with Crippen molar-refractivity contribution in [3.05, 3.63) is 52.8 Å². The van der Waals surface area contributed by atoms with E-state index in [4.69, 9.17) is 21.1 Å². The zero-order valence-electron chi connectivity index (χ0n) is 27.2. The number of ether oxygens (including phenoxy) is 2. The molecule has 0 aliphatic carbocycles. The number of benzene rings is 1. The molecule has 1 amide bonds. The third-order valence-electron chi connectivity index (χ3n) is 8.66. The van der Waals surface area contributed by atoms with Crippen LogP contribution in [0.5, 0.6) is 0 Å². The summed E-state index contributed by atoms with van der Waals surface area (Å²) < 4.78 is 27.9. The SMILES string of the molecule is C[C@@H]1CN(c2ccc(C#N)c3ncccc23)C[C@H](CN2CCN(c3nc(Cl)nc(C4CN(C(=O)OC(C)(C)C)CCN4)c3F)CC2)O1. The number of nitrogens with zero attached hydrogens (tertiary/aromatic N) is 8. The summed E-state index contributed by atoms with van der Waals surface area (Å²) in [5.74, 6) is -0.360. The van der Waals surface area contributed by atoms with Gasteiger partial charge in [0.15, 0.2) is 11.6 Å². The van der Waals surface area contributed by atoms with Gasteiger partial charge in [0.1, 0.15) is 17.4 Å². The minimum absolute atomic E-state index is 0.0210. The zero-order chi connectivity index (χ0) is 33.3. The lowest BCUT2D eigenvalue weighted by Gasteiger charge is -2.42. The van der Waals surface area contributed by atoms with Gasteiger partial charge in [0, 0.05) is 82.7 Å². The summed E-state index contributed by atoms with van der Waals surface area (Å²) in [5, 5.41) is 13.8. The van der Waals surface area contributed by atoms with Crippen LogP contribution in [0.25, 0.3) is 10.9 Å². The molecule has 0 saturated carbocycles. The molecule has 250 valence electrons. The van der Waals surface area contributed by atoms with E-state index in [0.29, 0.717) is 56.9 Å². The van der Waals surface area contributed by atoms with Crippen LogP contribution in [-0.2, 0) is 9.47 Å². The molecule has 3 aromatic rings. The van der Waals surface area contributed by atoms with Crippen LogP contribution < -0.4 is 15.1 Å². The predicted molar refractivity (Wildman–Crippen MR) is 177 cm³/mol. The molecule has 2 aromatic heterocycles. The third kappa shape index (κ3) is 7.51. The van der Waals surface area contributed by atoms with Gasteiger partial charge in [-0.1, -0.05) is 0 Å². The van der Waals surface area contributed by atoms with Crippen LogP contribution in [0.15, 0.2) is 30.5 Å². The van der Waals surface area contributed by atoms with Crippen molar-refractivity contribution in [3.8, 4) is 6.07 Å². The third-order valence-corrected chi connectivity index (χ3v) is 8.83. The van der Waals surface area contributed by atoms with Crippen LogP contribution in [0.3, 0.4) is 0 Å². The van der Waals surface area contributed by atoms with E-state index < -0.39 is 23.6 Å². The molecule has 6 rings (SSSR count). The van der Waals surface area contributed by atoms with Gasteiger partial charge in [0.25, 0.3) is 0 Å². The number of rotatable bonds is 5. The number of pyridine rings is 1. The second-order valence-corrected chi connectivity index (χ2v) is 13.7. The number of piperazine rings is 2. The van der Waals surface area contributed by atoms with Crippen molar-refractivity contribution < 1.29 is 18.7 Å². The molecule has 5 heterocycles. The van der Waals surface area contributed by atoms with Crippen molar-refractivity contribution >= 4 is 40.1 Å². The van der Waals surface area contributed by atoms with Gasteiger partial charge >= 0.3 is 6.09 Å². The summed E-state index contributed by atoms with van der Waals surface area (Å²) in [4.78, 5) is 33.8. The molecule has 3 aliphatic heterocycles. The van der Waals surface area contributed by atoms with Gasteiger partial charge in [0.2, 0.25) is 5.28 Å². The predicted octanol–water partition coefficient (Wildman–Crippen LogP) is 3.99. The molecule has 0 radical (unpaired) electrons. The molecule has 3 saturated heterocycles. The highest BCUT2D eigenvalue weighted by Gasteiger charge is 2.34. The van der Waals surface area contributed by atoms with E-state index >= 15 is 4.39 Å². The number of amides is 1. The average molecular weight is 666 g/mol. The number of fused-ring (bicyclic) bond motifs is 1. The van der Waals surface area contributed by atoms with Gasteiger partial charge in [-0.25, -0.2) is 14.2 Å². The van der Waals surface area contributed by atoms with E-state index in [-0.39, 0.29) is 35.5 Å². The van der Waals surface area contributed by atoms with Crippen LogP contribution >= 0.6 is 11.6 Å². The number of nitriles is 1. The van der Waals surface area contributed by atoms with E-state index in [1.807, 2.05) is 49.9 Å². The number of halogens is 2. The minimum atomic E-state index is -0.630. The first-order valence-corrected chi connectivity index (χ1v) is 16.5. The maximum absolute atomic E-state index is 16.0. The Kier molecular flexibility index (Phi) is 9.66. The molecule has 12 nitrogen and oxygen atoms in total. The maximum atomic E-state index is 16.0. The van der Waals surface area contributed by atoms with Crippen molar-refractivity contribution in [3.63, 3.8) is 0 Å². The lowest BCUT2D eigenvalue weighted by atomic mass is 10.1. The van der Waals surface area contributed by atoms with E-state index in [0.717, 1.165) is 24.2 Å². The summed E-state index contributed by atoms with van der Waals surface area (Å²) in [5.41, 5.74) is 1.83. The van der Waals surface area contributed by atoms with Crippen LogP contribution in [0.1, 0.15) is 45.0 Å². The molecule has 0 bridgehead atoms. The number of carbonyl (C=O) groups excluding carboxylic acids is 1. The summed E-state index contributed by atoms with van der Waals surface area (Å²) in [6, 6.07) is 9.45. The molecule has 0 spiro atoms. The normalized spacial score (nSPS) is 22.7. The zero-order valence-corrected chi connectivity index (χ0v) is 28.0. The molecule has 3 fully saturated rings. The largest absolute Gasteiger partial charge is 0.444 e. The van der Waals surface area contributed by atoms with Gasteiger partial charge in [-0.3, -0.25) is 9.88 Å². The highest BCUT2D eigenvalue weighted by Crippen LogP contribution is 2.31. The molecule has 1 N–H and O–H groups in total. The molecule has 47 heavy (non-hydrogen) atoms. The Morgan fingerprint density at radius 3 is 2.66 bits per heavy atom. The Labute approximate surface area is 279 Å². The second-order valence-electron chi connectivity index (χ2n) is 13.4. The second kappa shape index (κ2) is 13.7. The number of anilines is 2. The Balaban J connectivity index is 1.10. The monoisotopic (exact) mass is 665 g/mol. The number of hydrogen-bond donors (Lipinski definition) is 1. The number of carbonyl (C=O) groups is 1. The van der Waals surface area contributed by atoms with Crippen molar-refractivity contribution in [1.82, 2.24) is 30.1 Å². The standard InChI is InChI=1S/C33H41ClFN9O3/c1-21-17-44(26-8-7-22(16-36)28-24(26)6-5-9-38-28)19-23(46-21)18-41-12-14-42(15-13-41)30-27(35)29(39-31(34)40-30)25-20-43(11-10-37-25)32(45)47-33(2,3)4/h5-9,21,23,25,37H,10-15,17-20H2,1-4H3/t21-,23+,25?/m1/s1. The smallest absolute Gasteiger partial charge is 0.410 e. The summed E-state index contributed by atoms with van der Waals surface area (Å²) in [7, 11) is 0. The lowest BCUT2D eigenvalue weighted by Crippen LogP contribution is -2.54. The number of aromatic nitrogens is 3. The van der Waals surface area contributed by atoms with E-state index in [2.05, 4.69) is 43.1 Å². The van der Waals surface area contributed by atoms with Crippen LogP contribution in [0.2, 0.25) is 5.28 Å². The lowest BCUT2D eigenvalue weighted by molar-refractivity contribution is -0.0327. The highest BCUT2D eigenvalue weighted by molar-refractivity contribution is 6.28. The Hall–Kier alpha value is -3.83. The quantitative estimate of drug-likeness (QED) is 0.398. The van der Waals surface area contributed by atoms with Crippen LogP contribution in [0.4, 0.5) is 20.7 Å². The van der Waals surface area contributed by atoms with E-state index in [1.165, 1.54) is 0 Å². The summed E-state index contributed by atoms with van der Waals surface area (Å²) >= 11 is 6.34.